The highest BCUT2D eigenvalue weighted by Crippen LogP contribution is 2.21. The molecule has 0 aliphatic heterocycles. The summed E-state index contributed by atoms with van der Waals surface area (Å²) in [7, 11) is 0. The van der Waals surface area contributed by atoms with Gasteiger partial charge in [-0.1, -0.05) is 0 Å². The number of benzene rings is 1. The Morgan fingerprint density at radius 3 is 2.11 bits per heavy atom. The lowest BCUT2D eigenvalue weighted by Crippen LogP contribution is -2.28. The van der Waals surface area contributed by atoms with E-state index in [1.54, 1.807) is 38.1 Å². The number of rotatable bonds is 9. The van der Waals surface area contributed by atoms with E-state index in [1.807, 2.05) is 6.92 Å². The molecule has 2 aromatic rings. The zero-order valence-corrected chi connectivity index (χ0v) is 16.8. The van der Waals surface area contributed by atoms with Crippen LogP contribution in [0.15, 0.2) is 24.3 Å². The Kier molecular flexibility index (Phi) is 6.98. The topological polar surface area (TPSA) is 94.7 Å². The first-order valence-electron chi connectivity index (χ1n) is 9.04. The number of aromatic nitrogens is 1. The second kappa shape index (κ2) is 9.21. The summed E-state index contributed by atoms with van der Waals surface area (Å²) in [5.41, 5.74) is 1.94. The van der Waals surface area contributed by atoms with Crippen molar-refractivity contribution >= 4 is 17.5 Å². The number of Topliss-reactive ketones (excluding diaryl/α,β-unsaturated/α-hetero) is 2. The summed E-state index contributed by atoms with van der Waals surface area (Å²) < 4.78 is 15.9. The molecule has 2 rings (SSSR count). The highest BCUT2D eigenvalue weighted by Gasteiger charge is 2.26. The van der Waals surface area contributed by atoms with Crippen LogP contribution in [0, 0.1) is 13.8 Å². The summed E-state index contributed by atoms with van der Waals surface area (Å²) in [4.78, 5) is 39.2. The van der Waals surface area contributed by atoms with Crippen molar-refractivity contribution in [2.45, 2.75) is 40.7 Å². The lowest BCUT2D eigenvalue weighted by atomic mass is 10.0. The summed E-state index contributed by atoms with van der Waals surface area (Å²) in [6.45, 7) is 8.47. The highest BCUT2D eigenvalue weighted by atomic mass is 16.6. The van der Waals surface area contributed by atoms with Gasteiger partial charge in [0.05, 0.1) is 12.3 Å². The van der Waals surface area contributed by atoms with Crippen molar-refractivity contribution in [3.05, 3.63) is 46.8 Å². The van der Waals surface area contributed by atoms with E-state index in [0.29, 0.717) is 34.9 Å². The Morgan fingerprint density at radius 1 is 1.04 bits per heavy atom. The highest BCUT2D eigenvalue weighted by molar-refractivity contribution is 6.05. The van der Waals surface area contributed by atoms with Crippen molar-refractivity contribution < 1.29 is 28.6 Å². The molecule has 1 N–H and O–H groups in total. The molecule has 1 atom stereocenters. The molecular weight excluding hydrogens is 362 g/mol. The number of hydrogen-bond acceptors (Lipinski definition) is 6. The number of hydrogen-bond donors (Lipinski definition) is 1. The minimum Gasteiger partial charge on any atom is -0.494 e. The van der Waals surface area contributed by atoms with Gasteiger partial charge < -0.3 is 19.2 Å². The summed E-state index contributed by atoms with van der Waals surface area (Å²) in [5, 5.41) is 0. The second-order valence-electron chi connectivity index (χ2n) is 6.37. The minimum atomic E-state index is -1.01. The standard InChI is InChI=1S/C21H25NO6/c1-6-26-16-7-9-17(10-8-16)27-11-18(24)28-15(5)21(25)20-12(2)19(14(4)23)13(3)22-20/h7-10,15,22H,6,11H2,1-5H3/t15-/m1/s1. The third-order valence-corrected chi connectivity index (χ3v) is 4.20. The summed E-state index contributed by atoms with van der Waals surface area (Å²) >= 11 is 0. The average molecular weight is 387 g/mol. The van der Waals surface area contributed by atoms with Gasteiger partial charge in [0.2, 0.25) is 5.78 Å². The van der Waals surface area contributed by atoms with Crippen LogP contribution >= 0.6 is 0 Å². The molecule has 7 nitrogen and oxygen atoms in total. The lowest BCUT2D eigenvalue weighted by molar-refractivity contribution is -0.148. The molecule has 0 spiro atoms. The van der Waals surface area contributed by atoms with Crippen molar-refractivity contribution in [1.82, 2.24) is 4.98 Å². The second-order valence-corrected chi connectivity index (χ2v) is 6.37. The number of carbonyl (C=O) groups is 3. The van der Waals surface area contributed by atoms with E-state index in [4.69, 9.17) is 14.2 Å². The Morgan fingerprint density at radius 2 is 1.61 bits per heavy atom. The Labute approximate surface area is 164 Å². The first-order valence-corrected chi connectivity index (χ1v) is 9.04. The van der Waals surface area contributed by atoms with E-state index in [9.17, 15) is 14.4 Å². The molecule has 7 heteroatoms. The fraction of sp³-hybridized carbons (Fsp3) is 0.381. The van der Waals surface area contributed by atoms with Gasteiger partial charge in [0, 0.05) is 11.3 Å². The quantitative estimate of drug-likeness (QED) is 0.523. The van der Waals surface area contributed by atoms with E-state index >= 15 is 0 Å². The smallest absolute Gasteiger partial charge is 0.344 e. The van der Waals surface area contributed by atoms with Gasteiger partial charge in [0.25, 0.3) is 0 Å². The van der Waals surface area contributed by atoms with Gasteiger partial charge in [-0.3, -0.25) is 9.59 Å². The minimum absolute atomic E-state index is 0.126. The number of esters is 1. The van der Waals surface area contributed by atoms with Gasteiger partial charge in [-0.2, -0.15) is 0 Å². The zero-order chi connectivity index (χ0) is 20.8. The molecule has 0 radical (unpaired) electrons. The van der Waals surface area contributed by atoms with Gasteiger partial charge in [-0.15, -0.1) is 0 Å². The molecule has 0 bridgehead atoms. The molecular formula is C21H25NO6. The largest absolute Gasteiger partial charge is 0.494 e. The van der Waals surface area contributed by atoms with Gasteiger partial charge in [0.1, 0.15) is 11.5 Å². The number of aryl methyl sites for hydroxylation is 1. The van der Waals surface area contributed by atoms with Crippen LogP contribution in [0.5, 0.6) is 11.5 Å². The summed E-state index contributed by atoms with van der Waals surface area (Å²) in [5.74, 6) is 0.00295. The SMILES string of the molecule is CCOc1ccc(OCC(=O)O[C@H](C)C(=O)c2[nH]c(C)c(C(C)=O)c2C)cc1. The Bertz CT molecular complexity index is 866. The lowest BCUT2D eigenvalue weighted by Gasteiger charge is -2.13. The van der Waals surface area contributed by atoms with Gasteiger partial charge in [-0.25, -0.2) is 4.79 Å². The maximum Gasteiger partial charge on any atom is 0.344 e. The van der Waals surface area contributed by atoms with Crippen LogP contribution in [0.25, 0.3) is 0 Å². The molecule has 0 saturated heterocycles. The Balaban J connectivity index is 1.94. The number of aromatic amines is 1. The van der Waals surface area contributed by atoms with Crippen LogP contribution < -0.4 is 9.47 Å². The third-order valence-electron chi connectivity index (χ3n) is 4.20. The summed E-state index contributed by atoms with van der Waals surface area (Å²) in [6.07, 6.45) is -1.01. The fourth-order valence-corrected chi connectivity index (χ4v) is 2.95. The van der Waals surface area contributed by atoms with E-state index in [0.717, 1.165) is 0 Å². The zero-order valence-electron chi connectivity index (χ0n) is 16.8. The van der Waals surface area contributed by atoms with Crippen molar-refractivity contribution in [3.8, 4) is 11.5 Å². The molecule has 0 aliphatic carbocycles. The van der Waals surface area contributed by atoms with Crippen LogP contribution in [0.1, 0.15) is 52.9 Å². The van der Waals surface area contributed by atoms with Crippen molar-refractivity contribution in [3.63, 3.8) is 0 Å². The Hall–Kier alpha value is -3.09. The van der Waals surface area contributed by atoms with Gasteiger partial charge in [-0.05, 0) is 64.4 Å². The first kappa shape index (κ1) is 21.2. The van der Waals surface area contributed by atoms with E-state index in [-0.39, 0.29) is 18.1 Å². The molecule has 1 aromatic carbocycles. The molecule has 0 aliphatic rings. The number of H-pyrrole nitrogens is 1. The van der Waals surface area contributed by atoms with Crippen molar-refractivity contribution in [1.29, 1.82) is 0 Å². The van der Waals surface area contributed by atoms with Crippen molar-refractivity contribution in [2.75, 3.05) is 13.2 Å². The van der Waals surface area contributed by atoms with Crippen LogP contribution in [-0.2, 0) is 9.53 Å². The maximum absolute atomic E-state index is 12.6. The average Bonchev–Trinajstić information content (AvgIpc) is 2.95. The monoisotopic (exact) mass is 387 g/mol. The van der Waals surface area contributed by atoms with Crippen LogP contribution in [0.3, 0.4) is 0 Å². The van der Waals surface area contributed by atoms with Gasteiger partial charge >= 0.3 is 5.97 Å². The predicted molar refractivity (Wildman–Crippen MR) is 103 cm³/mol. The number of ether oxygens (including phenoxy) is 3. The van der Waals surface area contributed by atoms with Crippen LogP contribution in [0.4, 0.5) is 0 Å². The first-order chi connectivity index (χ1) is 13.2. The predicted octanol–water partition coefficient (Wildman–Crippen LogP) is 3.43. The molecule has 0 fully saturated rings. The molecule has 0 unspecified atom stereocenters. The molecule has 1 heterocycles. The molecule has 28 heavy (non-hydrogen) atoms. The normalized spacial score (nSPS) is 11.6. The van der Waals surface area contributed by atoms with Crippen LogP contribution in [-0.4, -0.2) is 41.8 Å². The number of nitrogens with one attached hydrogen (secondary N) is 1. The van der Waals surface area contributed by atoms with Crippen LogP contribution in [0.2, 0.25) is 0 Å². The van der Waals surface area contributed by atoms with Crippen molar-refractivity contribution in [2.24, 2.45) is 0 Å². The summed E-state index contributed by atoms with van der Waals surface area (Å²) in [6, 6.07) is 6.83. The van der Waals surface area contributed by atoms with Gasteiger partial charge in [0.15, 0.2) is 18.5 Å². The van der Waals surface area contributed by atoms with E-state index in [1.165, 1.54) is 13.8 Å². The number of carbonyl (C=O) groups excluding carboxylic acids is 3. The molecule has 0 amide bonds. The molecule has 150 valence electrons. The third kappa shape index (κ3) is 5.00. The van der Waals surface area contributed by atoms with E-state index < -0.39 is 17.9 Å². The molecule has 1 aromatic heterocycles. The van der Waals surface area contributed by atoms with E-state index in [2.05, 4.69) is 4.98 Å². The molecule has 0 saturated carbocycles. The number of ketones is 2. The fourth-order valence-electron chi connectivity index (χ4n) is 2.95. The maximum atomic E-state index is 12.6.